The first kappa shape index (κ1) is 19.7. The Bertz CT molecular complexity index is 587. The molecular formula is C17H24BN3O3. The van der Waals surface area contributed by atoms with E-state index in [0.29, 0.717) is 5.69 Å². The van der Waals surface area contributed by atoms with E-state index in [1.165, 1.54) is 5.56 Å². The van der Waals surface area contributed by atoms with Gasteiger partial charge in [0.1, 0.15) is 12.1 Å². The van der Waals surface area contributed by atoms with Crippen molar-refractivity contribution in [3.05, 3.63) is 29.8 Å². The molecule has 2 atom stereocenters. The maximum Gasteiger partial charge on any atom is 0.246 e. The Morgan fingerprint density at radius 1 is 1.00 bits per heavy atom. The maximum atomic E-state index is 12.2. The number of carbonyl (C=O) groups is 3. The highest BCUT2D eigenvalue weighted by molar-refractivity contribution is 6.57. The molecule has 2 radical (unpaired) electrons. The zero-order valence-corrected chi connectivity index (χ0v) is 14.6. The first-order valence-electron chi connectivity index (χ1n) is 8.00. The molecule has 3 N–H and O–H groups in total. The number of benzene rings is 1. The third-order valence-corrected chi connectivity index (χ3v) is 3.63. The van der Waals surface area contributed by atoms with E-state index in [2.05, 4.69) is 22.9 Å². The molecule has 6 nitrogen and oxygen atoms in total. The van der Waals surface area contributed by atoms with Crippen molar-refractivity contribution in [2.24, 2.45) is 5.92 Å². The Hall–Kier alpha value is -2.31. The second kappa shape index (κ2) is 9.10. The van der Waals surface area contributed by atoms with Crippen LogP contribution in [0.1, 0.15) is 33.3 Å². The molecule has 0 heterocycles. The monoisotopic (exact) mass is 329 g/mol. The van der Waals surface area contributed by atoms with Crippen LogP contribution in [-0.2, 0) is 16.0 Å². The molecule has 24 heavy (non-hydrogen) atoms. The molecule has 128 valence electrons. The predicted molar refractivity (Wildman–Crippen MR) is 95.0 cm³/mol. The van der Waals surface area contributed by atoms with Crippen LogP contribution in [0.2, 0.25) is 0 Å². The number of nitrogens with one attached hydrogen (secondary N) is 3. The van der Waals surface area contributed by atoms with Crippen LogP contribution in [-0.4, -0.2) is 37.6 Å². The highest BCUT2D eigenvalue weighted by atomic mass is 16.2. The quantitative estimate of drug-likeness (QED) is 0.664. The number of hydrogen-bond donors (Lipinski definition) is 3. The normalized spacial score (nSPS) is 13.0. The minimum atomic E-state index is -0.790. The average molecular weight is 329 g/mol. The molecule has 1 aromatic rings. The van der Waals surface area contributed by atoms with Gasteiger partial charge in [-0.1, -0.05) is 32.9 Å². The predicted octanol–water partition coefficient (Wildman–Crippen LogP) is 1.59. The van der Waals surface area contributed by atoms with E-state index in [0.717, 1.165) is 6.42 Å². The molecule has 0 fully saturated rings. The summed E-state index contributed by atoms with van der Waals surface area (Å²) in [5.41, 5.74) is 1.83. The van der Waals surface area contributed by atoms with Crippen LogP contribution < -0.4 is 16.0 Å². The highest BCUT2D eigenvalue weighted by Gasteiger charge is 2.25. The lowest BCUT2D eigenvalue weighted by Crippen LogP contribution is -2.53. The van der Waals surface area contributed by atoms with Crippen LogP contribution in [0.5, 0.6) is 0 Å². The number of amides is 3. The van der Waals surface area contributed by atoms with Gasteiger partial charge in [0.2, 0.25) is 19.7 Å². The lowest BCUT2D eigenvalue weighted by atomic mass is 10.0. The second-order valence-corrected chi connectivity index (χ2v) is 6.00. The van der Waals surface area contributed by atoms with Crippen LogP contribution in [0.3, 0.4) is 0 Å². The summed E-state index contributed by atoms with van der Waals surface area (Å²) in [4.78, 5) is 35.4. The number of carbonyl (C=O) groups excluding carboxylic acids is 3. The SMILES string of the molecule is [B]C(=O)NC(C(=O)N[C@@H](C)C(=O)Nc1ccc(CC)cc1)C(C)C. The molecule has 0 aromatic heterocycles. The van der Waals surface area contributed by atoms with Gasteiger partial charge in [-0.3, -0.25) is 14.4 Å². The van der Waals surface area contributed by atoms with Crippen LogP contribution in [0.15, 0.2) is 24.3 Å². The van der Waals surface area contributed by atoms with Crippen molar-refractivity contribution in [2.45, 2.75) is 46.2 Å². The molecule has 0 spiro atoms. The van der Waals surface area contributed by atoms with Crippen LogP contribution >= 0.6 is 0 Å². The van der Waals surface area contributed by atoms with Crippen molar-refractivity contribution < 1.29 is 14.4 Å². The molecular weight excluding hydrogens is 305 g/mol. The fourth-order valence-electron chi connectivity index (χ4n) is 2.13. The summed E-state index contributed by atoms with van der Waals surface area (Å²) in [6.07, 6.45) is 0.921. The summed E-state index contributed by atoms with van der Waals surface area (Å²) in [7, 11) is 5.08. The van der Waals surface area contributed by atoms with E-state index >= 15 is 0 Å². The molecule has 0 aliphatic rings. The number of hydrogen-bond acceptors (Lipinski definition) is 3. The number of aryl methyl sites for hydroxylation is 1. The Morgan fingerprint density at radius 3 is 2.04 bits per heavy atom. The van der Waals surface area contributed by atoms with E-state index in [-0.39, 0.29) is 11.8 Å². The van der Waals surface area contributed by atoms with Gasteiger partial charge in [0.05, 0.1) is 0 Å². The fraction of sp³-hybridized carbons (Fsp3) is 0.471. The molecule has 0 saturated heterocycles. The van der Waals surface area contributed by atoms with E-state index in [4.69, 9.17) is 7.85 Å². The van der Waals surface area contributed by atoms with Crippen molar-refractivity contribution in [3.63, 3.8) is 0 Å². The Balaban J connectivity index is 2.64. The third-order valence-electron chi connectivity index (χ3n) is 3.63. The van der Waals surface area contributed by atoms with Crippen LogP contribution in [0.4, 0.5) is 10.5 Å². The van der Waals surface area contributed by atoms with E-state index in [9.17, 15) is 14.4 Å². The van der Waals surface area contributed by atoms with Gasteiger partial charge in [-0.25, -0.2) is 0 Å². The Labute approximate surface area is 144 Å². The summed E-state index contributed by atoms with van der Waals surface area (Å²) in [5, 5.41) is 7.71. The largest absolute Gasteiger partial charge is 0.354 e. The molecule has 1 unspecified atom stereocenters. The molecule has 0 saturated carbocycles. The standard InChI is InChI=1S/C17H24BN3O3/c1-5-12-6-8-13(9-7-12)20-15(22)11(4)19-16(23)14(10(2)3)21-17(18)24/h6-11,14H,5H2,1-4H3,(H,19,23)(H,20,22)(H,21,24)/t11-,14?/m0/s1. The average Bonchev–Trinajstić information content (AvgIpc) is 2.52. The summed E-state index contributed by atoms with van der Waals surface area (Å²) >= 11 is 0. The molecule has 1 aromatic carbocycles. The van der Waals surface area contributed by atoms with Gasteiger partial charge >= 0.3 is 0 Å². The molecule has 7 heteroatoms. The third kappa shape index (κ3) is 6.06. The van der Waals surface area contributed by atoms with Gasteiger partial charge in [-0.15, -0.1) is 0 Å². The minimum absolute atomic E-state index is 0.158. The number of rotatable bonds is 7. The molecule has 0 aliphatic heterocycles. The smallest absolute Gasteiger partial charge is 0.246 e. The zero-order chi connectivity index (χ0) is 18.3. The minimum Gasteiger partial charge on any atom is -0.354 e. The van der Waals surface area contributed by atoms with Crippen molar-refractivity contribution >= 4 is 31.2 Å². The zero-order valence-electron chi connectivity index (χ0n) is 14.6. The maximum absolute atomic E-state index is 12.2. The summed E-state index contributed by atoms with van der Waals surface area (Å²) in [6.45, 7) is 7.19. The van der Waals surface area contributed by atoms with E-state index in [1.54, 1.807) is 20.8 Å². The second-order valence-electron chi connectivity index (χ2n) is 6.00. The topological polar surface area (TPSA) is 87.3 Å². The molecule has 3 amide bonds. The van der Waals surface area contributed by atoms with Crippen LogP contribution in [0.25, 0.3) is 0 Å². The van der Waals surface area contributed by atoms with Crippen LogP contribution in [0, 0.1) is 5.92 Å². The van der Waals surface area contributed by atoms with Crippen molar-refractivity contribution in [2.75, 3.05) is 5.32 Å². The lowest BCUT2D eigenvalue weighted by molar-refractivity contribution is -0.128. The summed E-state index contributed by atoms with van der Waals surface area (Å²) < 4.78 is 0. The number of anilines is 1. The van der Waals surface area contributed by atoms with Crippen molar-refractivity contribution in [1.29, 1.82) is 0 Å². The van der Waals surface area contributed by atoms with Gasteiger partial charge in [0.15, 0.2) is 5.81 Å². The molecule has 0 bridgehead atoms. The Morgan fingerprint density at radius 2 is 1.58 bits per heavy atom. The van der Waals surface area contributed by atoms with Crippen molar-refractivity contribution in [3.8, 4) is 0 Å². The molecule has 1 rings (SSSR count). The van der Waals surface area contributed by atoms with E-state index in [1.807, 2.05) is 24.3 Å². The van der Waals surface area contributed by atoms with Gasteiger partial charge in [-0.05, 0) is 37.0 Å². The van der Waals surface area contributed by atoms with Gasteiger partial charge in [-0.2, -0.15) is 0 Å². The fourth-order valence-corrected chi connectivity index (χ4v) is 2.13. The van der Waals surface area contributed by atoms with E-state index < -0.39 is 23.8 Å². The van der Waals surface area contributed by atoms with Crippen molar-refractivity contribution in [1.82, 2.24) is 10.6 Å². The summed E-state index contributed by atoms with van der Waals surface area (Å²) in [6, 6.07) is 5.96. The van der Waals surface area contributed by atoms with Gasteiger partial charge < -0.3 is 16.0 Å². The van der Waals surface area contributed by atoms with Gasteiger partial charge in [0.25, 0.3) is 0 Å². The van der Waals surface area contributed by atoms with Gasteiger partial charge in [0, 0.05) is 5.69 Å². The first-order chi connectivity index (χ1) is 11.2. The Kier molecular flexibility index (Phi) is 7.49. The first-order valence-corrected chi connectivity index (χ1v) is 8.00. The lowest BCUT2D eigenvalue weighted by Gasteiger charge is -2.23. The highest BCUT2D eigenvalue weighted by Crippen LogP contribution is 2.10. The molecule has 0 aliphatic carbocycles. The summed E-state index contributed by atoms with van der Waals surface area (Å²) in [5.74, 6) is -1.73.